The maximum Gasteiger partial charge on any atom is 0.407 e. The molecule has 1 aromatic rings. The number of alkyl carbamates (subject to hydrolysis) is 1. The predicted molar refractivity (Wildman–Crippen MR) is 76.5 cm³/mol. The Morgan fingerprint density at radius 2 is 2.10 bits per heavy atom. The van der Waals surface area contributed by atoms with Crippen molar-refractivity contribution in [3.8, 4) is 0 Å². The van der Waals surface area contributed by atoms with Crippen LogP contribution in [0.3, 0.4) is 0 Å². The number of benzene rings is 1. The SMILES string of the molecule is COC(=O)[C@H]1C[C@H](CNC(=O)OCc2ccccc2)CN1. The van der Waals surface area contributed by atoms with Crippen LogP contribution in [0.4, 0.5) is 4.79 Å². The minimum atomic E-state index is -0.444. The van der Waals surface area contributed by atoms with Crippen molar-refractivity contribution < 1.29 is 19.1 Å². The third-order valence-electron chi connectivity index (χ3n) is 3.46. The summed E-state index contributed by atoms with van der Waals surface area (Å²) in [4.78, 5) is 23.0. The Morgan fingerprint density at radius 1 is 1.33 bits per heavy atom. The highest BCUT2D eigenvalue weighted by Crippen LogP contribution is 2.14. The molecule has 2 rings (SSSR count). The summed E-state index contributed by atoms with van der Waals surface area (Å²) in [5.74, 6) is -0.0532. The number of carbonyl (C=O) groups is 2. The van der Waals surface area contributed by atoms with Gasteiger partial charge in [-0.1, -0.05) is 30.3 Å². The number of nitrogens with one attached hydrogen (secondary N) is 2. The van der Waals surface area contributed by atoms with E-state index in [2.05, 4.69) is 15.4 Å². The van der Waals surface area contributed by atoms with Gasteiger partial charge in [0.2, 0.25) is 0 Å². The Labute approximate surface area is 123 Å². The quantitative estimate of drug-likeness (QED) is 0.794. The van der Waals surface area contributed by atoms with Crippen molar-refractivity contribution >= 4 is 12.1 Å². The number of hydrogen-bond acceptors (Lipinski definition) is 5. The number of hydrogen-bond donors (Lipinski definition) is 2. The fourth-order valence-electron chi connectivity index (χ4n) is 2.29. The third-order valence-corrected chi connectivity index (χ3v) is 3.46. The van der Waals surface area contributed by atoms with Gasteiger partial charge in [-0.15, -0.1) is 0 Å². The van der Waals surface area contributed by atoms with Gasteiger partial charge in [-0.2, -0.15) is 0 Å². The normalized spacial score (nSPS) is 20.8. The summed E-state index contributed by atoms with van der Waals surface area (Å²) in [5.41, 5.74) is 0.945. The molecule has 114 valence electrons. The van der Waals surface area contributed by atoms with Crippen molar-refractivity contribution in [3.05, 3.63) is 35.9 Å². The van der Waals surface area contributed by atoms with Gasteiger partial charge >= 0.3 is 12.1 Å². The molecule has 1 heterocycles. The van der Waals surface area contributed by atoms with Gasteiger partial charge in [0, 0.05) is 13.1 Å². The van der Waals surface area contributed by atoms with Gasteiger partial charge in [-0.3, -0.25) is 4.79 Å². The van der Waals surface area contributed by atoms with Crippen molar-refractivity contribution in [2.45, 2.75) is 19.1 Å². The Kier molecular flexibility index (Phi) is 5.57. The van der Waals surface area contributed by atoms with E-state index in [1.165, 1.54) is 7.11 Å². The molecule has 1 saturated heterocycles. The van der Waals surface area contributed by atoms with E-state index < -0.39 is 6.09 Å². The first-order valence-corrected chi connectivity index (χ1v) is 6.95. The maximum atomic E-state index is 11.6. The van der Waals surface area contributed by atoms with E-state index in [1.807, 2.05) is 30.3 Å². The lowest BCUT2D eigenvalue weighted by atomic mass is 10.1. The van der Waals surface area contributed by atoms with Crippen molar-refractivity contribution in [2.24, 2.45) is 5.92 Å². The monoisotopic (exact) mass is 292 g/mol. The molecule has 0 aromatic heterocycles. The summed E-state index contributed by atoms with van der Waals surface area (Å²) in [6.45, 7) is 1.41. The second-order valence-electron chi connectivity index (χ2n) is 5.03. The van der Waals surface area contributed by atoms with Crippen LogP contribution in [0.15, 0.2) is 30.3 Å². The van der Waals surface area contributed by atoms with Gasteiger partial charge in [0.15, 0.2) is 0 Å². The zero-order valence-electron chi connectivity index (χ0n) is 12.0. The average Bonchev–Trinajstić information content (AvgIpc) is 3.00. The highest BCUT2D eigenvalue weighted by atomic mass is 16.5. The molecule has 1 fully saturated rings. The van der Waals surface area contributed by atoms with Gasteiger partial charge in [0.25, 0.3) is 0 Å². The summed E-state index contributed by atoms with van der Waals surface area (Å²) < 4.78 is 9.80. The van der Waals surface area contributed by atoms with Crippen molar-refractivity contribution in [2.75, 3.05) is 20.2 Å². The maximum absolute atomic E-state index is 11.6. The van der Waals surface area contributed by atoms with Crippen LogP contribution in [0.1, 0.15) is 12.0 Å². The number of amides is 1. The Balaban J connectivity index is 1.65. The average molecular weight is 292 g/mol. The predicted octanol–water partition coefficient (Wildman–Crippen LogP) is 1.06. The fourth-order valence-corrected chi connectivity index (χ4v) is 2.29. The smallest absolute Gasteiger partial charge is 0.407 e. The second kappa shape index (κ2) is 7.64. The standard InChI is InChI=1S/C15H20N2O4/c1-20-14(18)13-7-12(8-16-13)9-17-15(19)21-10-11-5-3-2-4-6-11/h2-6,12-13,16H,7-10H2,1H3,(H,17,19)/t12-,13+/m0/s1. The molecule has 6 nitrogen and oxygen atoms in total. The van der Waals surface area contributed by atoms with Gasteiger partial charge in [0.05, 0.1) is 7.11 Å². The minimum absolute atomic E-state index is 0.207. The molecule has 1 aliphatic heterocycles. The molecule has 21 heavy (non-hydrogen) atoms. The highest BCUT2D eigenvalue weighted by Gasteiger charge is 2.30. The van der Waals surface area contributed by atoms with Crippen LogP contribution in [-0.4, -0.2) is 38.3 Å². The van der Waals surface area contributed by atoms with Crippen LogP contribution in [0.2, 0.25) is 0 Å². The molecule has 1 aromatic carbocycles. The molecule has 0 saturated carbocycles. The molecule has 0 aliphatic carbocycles. The summed E-state index contributed by atoms with van der Waals surface area (Å²) in [5, 5.41) is 5.79. The molecule has 2 N–H and O–H groups in total. The first kappa shape index (κ1) is 15.3. The third kappa shape index (κ3) is 4.75. The van der Waals surface area contributed by atoms with Crippen molar-refractivity contribution in [3.63, 3.8) is 0 Å². The number of methoxy groups -OCH3 is 1. The number of rotatable bonds is 5. The largest absolute Gasteiger partial charge is 0.468 e. The van der Waals surface area contributed by atoms with Crippen LogP contribution >= 0.6 is 0 Å². The van der Waals surface area contributed by atoms with Crippen LogP contribution in [0.25, 0.3) is 0 Å². The molecule has 0 unspecified atom stereocenters. The number of ether oxygens (including phenoxy) is 2. The van der Waals surface area contributed by atoms with Crippen LogP contribution in [-0.2, 0) is 20.9 Å². The van der Waals surface area contributed by atoms with Crippen molar-refractivity contribution in [1.82, 2.24) is 10.6 Å². The minimum Gasteiger partial charge on any atom is -0.468 e. The molecular weight excluding hydrogens is 272 g/mol. The Hall–Kier alpha value is -2.08. The van der Waals surface area contributed by atoms with Crippen LogP contribution in [0.5, 0.6) is 0 Å². The molecular formula is C15H20N2O4. The first-order valence-electron chi connectivity index (χ1n) is 6.95. The first-order chi connectivity index (χ1) is 10.2. The molecule has 1 amide bonds. The zero-order chi connectivity index (χ0) is 15.1. The molecule has 2 atom stereocenters. The van der Waals surface area contributed by atoms with E-state index in [0.717, 1.165) is 5.56 Å². The van der Waals surface area contributed by atoms with Gasteiger partial charge in [-0.25, -0.2) is 4.79 Å². The fraction of sp³-hybridized carbons (Fsp3) is 0.467. The van der Waals surface area contributed by atoms with Gasteiger partial charge in [0.1, 0.15) is 12.6 Å². The van der Waals surface area contributed by atoms with E-state index in [1.54, 1.807) is 0 Å². The lowest BCUT2D eigenvalue weighted by Crippen LogP contribution is -2.31. The zero-order valence-corrected chi connectivity index (χ0v) is 12.0. The Morgan fingerprint density at radius 3 is 2.81 bits per heavy atom. The van der Waals surface area contributed by atoms with Crippen LogP contribution in [0, 0.1) is 5.92 Å². The molecule has 1 aliphatic rings. The molecule has 0 radical (unpaired) electrons. The Bertz CT molecular complexity index is 478. The van der Waals surface area contributed by atoms with E-state index in [-0.39, 0.29) is 24.5 Å². The van der Waals surface area contributed by atoms with E-state index in [4.69, 9.17) is 4.74 Å². The molecule has 0 bridgehead atoms. The number of esters is 1. The van der Waals surface area contributed by atoms with E-state index >= 15 is 0 Å². The molecule has 0 spiro atoms. The van der Waals surface area contributed by atoms with Crippen LogP contribution < -0.4 is 10.6 Å². The van der Waals surface area contributed by atoms with Gasteiger partial charge in [-0.05, 0) is 17.9 Å². The van der Waals surface area contributed by atoms with Gasteiger partial charge < -0.3 is 20.1 Å². The topological polar surface area (TPSA) is 76.7 Å². The van der Waals surface area contributed by atoms with E-state index in [9.17, 15) is 9.59 Å². The lowest BCUT2D eigenvalue weighted by Gasteiger charge is -2.11. The summed E-state index contributed by atoms with van der Waals surface area (Å²) in [6, 6.07) is 9.22. The number of carbonyl (C=O) groups excluding carboxylic acids is 2. The second-order valence-corrected chi connectivity index (χ2v) is 5.03. The molecule has 6 heteroatoms. The summed E-state index contributed by atoms with van der Waals surface area (Å²) in [6.07, 6.45) is 0.214. The van der Waals surface area contributed by atoms with E-state index in [0.29, 0.717) is 19.5 Å². The summed E-state index contributed by atoms with van der Waals surface area (Å²) >= 11 is 0. The summed E-state index contributed by atoms with van der Waals surface area (Å²) in [7, 11) is 1.37. The lowest BCUT2D eigenvalue weighted by molar-refractivity contribution is -0.142. The highest BCUT2D eigenvalue weighted by molar-refractivity contribution is 5.76. The van der Waals surface area contributed by atoms with Crippen molar-refractivity contribution in [1.29, 1.82) is 0 Å².